The number of nitrogens with zero attached hydrogens (tertiary/aromatic N) is 6. The molecule has 0 aliphatic heterocycles. The second-order valence-corrected chi connectivity index (χ2v) is 9.16. The maximum atomic E-state index is 12.8. The van der Waals surface area contributed by atoms with Gasteiger partial charge in [0.1, 0.15) is 11.6 Å². The van der Waals surface area contributed by atoms with Crippen molar-refractivity contribution in [2.24, 2.45) is 7.05 Å². The van der Waals surface area contributed by atoms with Crippen LogP contribution in [0, 0.1) is 0 Å². The van der Waals surface area contributed by atoms with Crippen molar-refractivity contribution >= 4 is 28.4 Å². The summed E-state index contributed by atoms with van der Waals surface area (Å²) in [6.07, 6.45) is 1.88. The van der Waals surface area contributed by atoms with E-state index in [9.17, 15) is 4.79 Å². The molecule has 0 N–H and O–H groups in total. The Hall–Kier alpha value is -4.37. The average Bonchev–Trinajstić information content (AvgIpc) is 3.55. The van der Waals surface area contributed by atoms with Crippen molar-refractivity contribution in [3.8, 4) is 22.7 Å². The molecule has 0 aliphatic carbocycles. The molecule has 0 aliphatic rings. The molecule has 3 heterocycles. The Morgan fingerprint density at radius 1 is 0.917 bits per heavy atom. The van der Waals surface area contributed by atoms with Crippen LogP contribution >= 0.6 is 11.8 Å². The van der Waals surface area contributed by atoms with Gasteiger partial charge in [-0.2, -0.15) is 0 Å². The third-order valence-corrected chi connectivity index (χ3v) is 7.10. The van der Waals surface area contributed by atoms with Crippen molar-refractivity contribution in [2.45, 2.75) is 10.9 Å². The molecule has 0 radical (unpaired) electrons. The topological polar surface area (TPSA) is 79.2 Å². The van der Waals surface area contributed by atoms with Gasteiger partial charge >= 0.3 is 0 Å². The minimum Gasteiger partial charge on any atom is -0.495 e. The highest BCUT2D eigenvalue weighted by molar-refractivity contribution is 7.98. The summed E-state index contributed by atoms with van der Waals surface area (Å²) >= 11 is 1.55. The van der Waals surface area contributed by atoms with Crippen LogP contribution in [0.4, 0.5) is 0 Å². The van der Waals surface area contributed by atoms with E-state index < -0.39 is 0 Å². The monoisotopic (exact) mass is 494 g/mol. The van der Waals surface area contributed by atoms with Gasteiger partial charge in [0.05, 0.1) is 41.3 Å². The Morgan fingerprint density at radius 2 is 1.67 bits per heavy atom. The van der Waals surface area contributed by atoms with E-state index in [1.807, 2.05) is 77.3 Å². The number of hydrogen-bond donors (Lipinski definition) is 0. The van der Waals surface area contributed by atoms with Crippen LogP contribution in [0.3, 0.4) is 0 Å². The summed E-state index contributed by atoms with van der Waals surface area (Å²) in [7, 11) is 3.39. The van der Waals surface area contributed by atoms with Crippen molar-refractivity contribution in [3.05, 3.63) is 101 Å². The molecule has 3 aromatic carbocycles. The number of ether oxygens (including phenoxy) is 1. The van der Waals surface area contributed by atoms with Crippen molar-refractivity contribution in [1.29, 1.82) is 0 Å². The van der Waals surface area contributed by atoms with Gasteiger partial charge in [-0.05, 0) is 24.3 Å². The van der Waals surface area contributed by atoms with Crippen LogP contribution in [0.2, 0.25) is 0 Å². The van der Waals surface area contributed by atoms with Gasteiger partial charge in [-0.25, -0.2) is 4.98 Å². The first-order chi connectivity index (χ1) is 17.7. The van der Waals surface area contributed by atoms with E-state index in [2.05, 4.69) is 26.9 Å². The molecule has 9 heteroatoms. The highest BCUT2D eigenvalue weighted by Crippen LogP contribution is 2.35. The van der Waals surface area contributed by atoms with Gasteiger partial charge in [0.25, 0.3) is 5.56 Å². The number of hydrogen-bond acceptors (Lipinski definition) is 6. The van der Waals surface area contributed by atoms with Gasteiger partial charge in [-0.3, -0.25) is 18.3 Å². The molecule has 36 heavy (non-hydrogen) atoms. The molecular formula is C27H22N6O2S. The fourth-order valence-electron chi connectivity index (χ4n) is 4.41. The molecule has 0 fully saturated rings. The van der Waals surface area contributed by atoms with E-state index >= 15 is 0 Å². The van der Waals surface area contributed by atoms with E-state index in [-0.39, 0.29) is 5.56 Å². The van der Waals surface area contributed by atoms with Crippen LogP contribution in [0.5, 0.6) is 5.75 Å². The van der Waals surface area contributed by atoms with Gasteiger partial charge in [-0.1, -0.05) is 66.4 Å². The predicted molar refractivity (Wildman–Crippen MR) is 141 cm³/mol. The maximum absolute atomic E-state index is 12.8. The zero-order valence-corrected chi connectivity index (χ0v) is 20.5. The largest absolute Gasteiger partial charge is 0.495 e. The molecule has 0 bridgehead atoms. The highest BCUT2D eigenvalue weighted by Gasteiger charge is 2.19. The normalized spacial score (nSPS) is 11.4. The van der Waals surface area contributed by atoms with Crippen LogP contribution in [-0.4, -0.2) is 35.8 Å². The van der Waals surface area contributed by atoms with Gasteiger partial charge in [0.15, 0.2) is 5.16 Å². The van der Waals surface area contributed by atoms with Crippen molar-refractivity contribution < 1.29 is 4.74 Å². The Morgan fingerprint density at radius 3 is 2.50 bits per heavy atom. The van der Waals surface area contributed by atoms with Crippen LogP contribution < -0.4 is 10.3 Å². The number of rotatable bonds is 6. The second kappa shape index (κ2) is 9.01. The lowest BCUT2D eigenvalue weighted by atomic mass is 10.1. The molecule has 0 atom stereocenters. The lowest BCUT2D eigenvalue weighted by Crippen LogP contribution is -2.20. The Labute approximate surface area is 210 Å². The minimum atomic E-state index is -0.0936. The number of fused-ring (bicyclic) bond motifs is 3. The Balaban J connectivity index is 1.47. The van der Waals surface area contributed by atoms with E-state index in [0.29, 0.717) is 16.9 Å². The fourth-order valence-corrected chi connectivity index (χ4v) is 5.31. The summed E-state index contributed by atoms with van der Waals surface area (Å²) in [6.45, 7) is 0. The van der Waals surface area contributed by atoms with E-state index in [0.717, 1.165) is 39.2 Å². The molecule has 0 unspecified atom stereocenters. The summed E-state index contributed by atoms with van der Waals surface area (Å²) in [6, 6.07) is 25.6. The minimum absolute atomic E-state index is 0.0936. The lowest BCUT2D eigenvalue weighted by molar-refractivity contribution is 0.412. The molecule has 8 nitrogen and oxygen atoms in total. The number of thioether (sulfide) groups is 1. The molecule has 0 saturated heterocycles. The highest BCUT2D eigenvalue weighted by atomic mass is 32.2. The summed E-state index contributed by atoms with van der Waals surface area (Å²) in [5.41, 5.74) is 3.61. The quantitative estimate of drug-likeness (QED) is 0.311. The average molecular weight is 495 g/mol. The summed E-state index contributed by atoms with van der Waals surface area (Å²) in [5.74, 6) is 2.50. The maximum Gasteiger partial charge on any atom is 0.262 e. The third kappa shape index (κ3) is 3.56. The first-order valence-corrected chi connectivity index (χ1v) is 12.4. The fraction of sp³-hybridized carbons (Fsp3) is 0.111. The van der Waals surface area contributed by atoms with Crippen LogP contribution in [0.25, 0.3) is 33.6 Å². The third-order valence-electron chi connectivity index (χ3n) is 6.15. The van der Waals surface area contributed by atoms with Crippen LogP contribution in [-0.2, 0) is 12.8 Å². The number of para-hydroxylation sites is 3. The molecule has 3 aromatic heterocycles. The molecule has 0 amide bonds. The number of benzene rings is 3. The number of aryl methyl sites for hydroxylation is 1. The molecule has 6 aromatic rings. The van der Waals surface area contributed by atoms with Gasteiger partial charge in [0, 0.05) is 12.6 Å². The molecule has 0 spiro atoms. The van der Waals surface area contributed by atoms with Gasteiger partial charge < -0.3 is 4.74 Å². The zero-order valence-electron chi connectivity index (χ0n) is 19.7. The Kier molecular flexibility index (Phi) is 5.54. The Bertz CT molecular complexity index is 1770. The van der Waals surface area contributed by atoms with E-state index in [1.165, 1.54) is 4.57 Å². The first kappa shape index (κ1) is 22.1. The van der Waals surface area contributed by atoms with Crippen molar-refractivity contribution in [2.75, 3.05) is 7.11 Å². The summed E-state index contributed by atoms with van der Waals surface area (Å²) in [4.78, 5) is 17.6. The summed E-state index contributed by atoms with van der Waals surface area (Å²) in [5, 5.41) is 10.2. The standard InChI is InChI=1S/C27H22N6O2S/c1-31-25(34)19-12-6-7-13-20(19)33-24(29-30-26(31)33)17-36-27-28-16-22(18-10-4-3-5-11-18)32(27)21-14-8-9-15-23(21)35-2/h3-16H,17H2,1-2H3. The smallest absolute Gasteiger partial charge is 0.262 e. The number of imidazole rings is 1. The van der Waals surface area contributed by atoms with Crippen molar-refractivity contribution in [3.63, 3.8) is 0 Å². The van der Waals surface area contributed by atoms with E-state index in [1.54, 1.807) is 25.9 Å². The SMILES string of the molecule is COc1ccccc1-n1c(-c2ccccc2)cnc1SCc1nnc2n(C)c(=O)c3ccccc3n12. The van der Waals surface area contributed by atoms with Gasteiger partial charge in [-0.15, -0.1) is 10.2 Å². The number of methoxy groups -OCH3 is 1. The van der Waals surface area contributed by atoms with E-state index in [4.69, 9.17) is 9.72 Å². The summed E-state index contributed by atoms with van der Waals surface area (Å²) < 4.78 is 11.3. The zero-order chi connectivity index (χ0) is 24.6. The lowest BCUT2D eigenvalue weighted by Gasteiger charge is -2.15. The molecule has 6 rings (SSSR count). The molecule has 178 valence electrons. The second-order valence-electron chi connectivity index (χ2n) is 8.22. The van der Waals surface area contributed by atoms with Crippen LogP contribution in [0.15, 0.2) is 95.0 Å². The first-order valence-electron chi connectivity index (χ1n) is 11.4. The van der Waals surface area contributed by atoms with Crippen molar-refractivity contribution in [1.82, 2.24) is 28.7 Å². The predicted octanol–water partition coefficient (Wildman–Crippen LogP) is 4.73. The number of aromatic nitrogens is 6. The van der Waals surface area contributed by atoms with Gasteiger partial charge in [0.2, 0.25) is 5.78 Å². The van der Waals surface area contributed by atoms with Crippen LogP contribution in [0.1, 0.15) is 5.82 Å². The molecule has 0 saturated carbocycles. The molecular weight excluding hydrogens is 472 g/mol.